The van der Waals surface area contributed by atoms with Crippen molar-refractivity contribution in [2.75, 3.05) is 26.2 Å². The van der Waals surface area contributed by atoms with Gasteiger partial charge in [0, 0.05) is 31.9 Å². The number of hydrogen-bond acceptors (Lipinski definition) is 3. The molecular formula is C16H28Cl2N4O. The van der Waals surface area contributed by atoms with Gasteiger partial charge in [0.1, 0.15) is 5.82 Å². The van der Waals surface area contributed by atoms with Crippen molar-refractivity contribution in [1.29, 1.82) is 0 Å². The van der Waals surface area contributed by atoms with Gasteiger partial charge in [-0.05, 0) is 38.1 Å². The van der Waals surface area contributed by atoms with Gasteiger partial charge in [0.2, 0.25) is 5.91 Å². The molecule has 1 aromatic rings. The summed E-state index contributed by atoms with van der Waals surface area (Å²) in [7, 11) is 0. The molecule has 3 rings (SSSR count). The van der Waals surface area contributed by atoms with Crippen molar-refractivity contribution in [2.45, 2.75) is 45.1 Å². The molecular weight excluding hydrogens is 335 g/mol. The molecule has 5 nitrogen and oxygen atoms in total. The maximum Gasteiger partial charge on any atom is 0.236 e. The van der Waals surface area contributed by atoms with Crippen LogP contribution in [0.2, 0.25) is 0 Å². The largest absolute Gasteiger partial charge is 0.340 e. The van der Waals surface area contributed by atoms with Crippen LogP contribution in [0.4, 0.5) is 0 Å². The Hall–Kier alpha value is -0.780. The summed E-state index contributed by atoms with van der Waals surface area (Å²) in [5, 5.41) is 3.31. The molecule has 2 aliphatic rings. The maximum atomic E-state index is 12.3. The molecule has 1 saturated heterocycles. The minimum atomic E-state index is 0. The van der Waals surface area contributed by atoms with Crippen LogP contribution in [0.25, 0.3) is 0 Å². The van der Waals surface area contributed by atoms with E-state index in [0.717, 1.165) is 50.6 Å². The number of hydrogen-bond donors (Lipinski definition) is 1. The van der Waals surface area contributed by atoms with E-state index in [4.69, 9.17) is 0 Å². The normalized spacial score (nSPS) is 20.6. The molecule has 1 unspecified atom stereocenters. The molecule has 1 aromatic heterocycles. The summed E-state index contributed by atoms with van der Waals surface area (Å²) in [6, 6.07) is 0.392. The van der Waals surface area contributed by atoms with Crippen molar-refractivity contribution < 1.29 is 4.79 Å². The van der Waals surface area contributed by atoms with Gasteiger partial charge in [-0.15, -0.1) is 24.8 Å². The number of nitrogens with one attached hydrogen (secondary N) is 1. The quantitative estimate of drug-likeness (QED) is 0.845. The first-order valence-electron chi connectivity index (χ1n) is 8.28. The molecule has 23 heavy (non-hydrogen) atoms. The van der Waals surface area contributed by atoms with Crippen LogP contribution < -0.4 is 5.32 Å². The summed E-state index contributed by atoms with van der Waals surface area (Å²) in [5.74, 6) is 2.20. The Kier molecular flexibility index (Phi) is 8.37. The molecule has 0 spiro atoms. The molecule has 1 atom stereocenters. The number of nitrogens with zero attached hydrogens (tertiary/aromatic N) is 3. The standard InChI is InChI=1S/C16H26N4O.2ClH/c1-2-15-18-7-9-20(15)14-4-3-8-19(12-14)16(21)11-17-10-13-5-6-13;;/h7,9,13-14,17H,2-6,8,10-12H2,1H3;2*1H. The van der Waals surface area contributed by atoms with Crippen LogP contribution in [0.3, 0.4) is 0 Å². The molecule has 2 heterocycles. The highest BCUT2D eigenvalue weighted by Crippen LogP contribution is 2.27. The SMILES string of the molecule is CCc1nccn1C1CCCN(C(=O)CNCC2CC2)C1.Cl.Cl. The van der Waals surface area contributed by atoms with Crippen LogP contribution in [0.15, 0.2) is 12.4 Å². The van der Waals surface area contributed by atoms with Crippen molar-refractivity contribution in [2.24, 2.45) is 5.92 Å². The van der Waals surface area contributed by atoms with Crippen LogP contribution in [0.5, 0.6) is 0 Å². The van der Waals surface area contributed by atoms with E-state index in [1.807, 2.05) is 11.1 Å². The van der Waals surface area contributed by atoms with E-state index in [-0.39, 0.29) is 30.7 Å². The second kappa shape index (κ2) is 9.50. The third-order valence-corrected chi connectivity index (χ3v) is 4.61. The topological polar surface area (TPSA) is 50.2 Å². The number of carbonyl (C=O) groups excluding carboxylic acids is 1. The molecule has 1 aliphatic carbocycles. The average Bonchev–Trinajstić information content (AvgIpc) is 3.21. The summed E-state index contributed by atoms with van der Waals surface area (Å²) in [4.78, 5) is 18.7. The van der Waals surface area contributed by atoms with Gasteiger partial charge in [0.25, 0.3) is 0 Å². The zero-order valence-corrected chi connectivity index (χ0v) is 15.4. The molecule has 2 fully saturated rings. The third-order valence-electron chi connectivity index (χ3n) is 4.61. The Morgan fingerprint density at radius 1 is 1.35 bits per heavy atom. The molecule has 0 radical (unpaired) electrons. The maximum absolute atomic E-state index is 12.3. The van der Waals surface area contributed by atoms with Gasteiger partial charge >= 0.3 is 0 Å². The fourth-order valence-corrected chi connectivity index (χ4v) is 3.18. The van der Waals surface area contributed by atoms with Gasteiger partial charge in [-0.1, -0.05) is 6.92 Å². The highest BCUT2D eigenvalue weighted by Gasteiger charge is 2.26. The van der Waals surface area contributed by atoms with Crippen molar-refractivity contribution >= 4 is 30.7 Å². The fraction of sp³-hybridized carbons (Fsp3) is 0.750. The first kappa shape index (κ1) is 20.3. The van der Waals surface area contributed by atoms with E-state index in [9.17, 15) is 4.79 Å². The Labute approximate surface area is 151 Å². The highest BCUT2D eigenvalue weighted by molar-refractivity contribution is 5.85. The Morgan fingerprint density at radius 3 is 2.83 bits per heavy atom. The molecule has 132 valence electrons. The van der Waals surface area contributed by atoms with Gasteiger partial charge < -0.3 is 14.8 Å². The van der Waals surface area contributed by atoms with Crippen molar-refractivity contribution in [3.63, 3.8) is 0 Å². The van der Waals surface area contributed by atoms with E-state index in [1.165, 1.54) is 12.8 Å². The first-order chi connectivity index (χ1) is 10.3. The lowest BCUT2D eigenvalue weighted by Crippen LogP contribution is -2.44. The van der Waals surface area contributed by atoms with Gasteiger partial charge in [-0.2, -0.15) is 0 Å². The number of carbonyl (C=O) groups is 1. The second-order valence-electron chi connectivity index (χ2n) is 6.31. The number of piperidine rings is 1. The lowest BCUT2D eigenvalue weighted by Gasteiger charge is -2.34. The summed E-state index contributed by atoms with van der Waals surface area (Å²) < 4.78 is 2.26. The number of halogens is 2. The van der Waals surface area contributed by atoms with Crippen molar-refractivity contribution in [3.8, 4) is 0 Å². The average molecular weight is 363 g/mol. The summed E-state index contributed by atoms with van der Waals surface area (Å²) in [6.45, 7) is 5.36. The number of likely N-dealkylation sites (tertiary alicyclic amines) is 1. The van der Waals surface area contributed by atoms with Gasteiger partial charge in [0.15, 0.2) is 0 Å². The van der Waals surface area contributed by atoms with E-state index in [1.54, 1.807) is 0 Å². The Morgan fingerprint density at radius 2 is 2.13 bits per heavy atom. The Bertz CT molecular complexity index is 490. The van der Waals surface area contributed by atoms with Crippen LogP contribution >= 0.6 is 24.8 Å². The van der Waals surface area contributed by atoms with E-state index in [2.05, 4.69) is 28.0 Å². The molecule has 1 N–H and O–H groups in total. The summed E-state index contributed by atoms with van der Waals surface area (Å²) in [6.07, 6.45) is 9.75. The van der Waals surface area contributed by atoms with Gasteiger partial charge in [-0.3, -0.25) is 4.79 Å². The lowest BCUT2D eigenvalue weighted by molar-refractivity contribution is -0.131. The van der Waals surface area contributed by atoms with E-state index < -0.39 is 0 Å². The molecule has 1 aliphatic heterocycles. The van der Waals surface area contributed by atoms with E-state index >= 15 is 0 Å². The predicted molar refractivity (Wildman–Crippen MR) is 96.5 cm³/mol. The number of imidazole rings is 1. The van der Waals surface area contributed by atoms with Crippen LogP contribution in [-0.4, -0.2) is 46.5 Å². The van der Waals surface area contributed by atoms with Gasteiger partial charge in [0.05, 0.1) is 12.6 Å². The minimum absolute atomic E-state index is 0. The molecule has 0 aromatic carbocycles. The first-order valence-corrected chi connectivity index (χ1v) is 8.28. The van der Waals surface area contributed by atoms with Crippen LogP contribution in [-0.2, 0) is 11.2 Å². The minimum Gasteiger partial charge on any atom is -0.340 e. The van der Waals surface area contributed by atoms with E-state index in [0.29, 0.717) is 12.6 Å². The number of aromatic nitrogens is 2. The lowest BCUT2D eigenvalue weighted by atomic mass is 10.1. The molecule has 1 saturated carbocycles. The Balaban J connectivity index is 0.00000132. The zero-order chi connectivity index (χ0) is 14.7. The number of aryl methyl sites for hydroxylation is 1. The second-order valence-corrected chi connectivity index (χ2v) is 6.31. The molecule has 7 heteroatoms. The smallest absolute Gasteiger partial charge is 0.236 e. The summed E-state index contributed by atoms with van der Waals surface area (Å²) in [5.41, 5.74) is 0. The number of amides is 1. The molecule has 1 amide bonds. The highest BCUT2D eigenvalue weighted by atomic mass is 35.5. The third kappa shape index (κ3) is 5.37. The fourth-order valence-electron chi connectivity index (χ4n) is 3.18. The van der Waals surface area contributed by atoms with Crippen LogP contribution in [0, 0.1) is 5.92 Å². The summed E-state index contributed by atoms with van der Waals surface area (Å²) >= 11 is 0. The van der Waals surface area contributed by atoms with Crippen molar-refractivity contribution in [3.05, 3.63) is 18.2 Å². The predicted octanol–water partition coefficient (Wildman–Crippen LogP) is 2.45. The van der Waals surface area contributed by atoms with Crippen LogP contribution in [0.1, 0.15) is 44.5 Å². The zero-order valence-electron chi connectivity index (χ0n) is 13.7. The number of rotatable bonds is 6. The van der Waals surface area contributed by atoms with Crippen molar-refractivity contribution in [1.82, 2.24) is 19.8 Å². The molecule has 0 bridgehead atoms. The van der Waals surface area contributed by atoms with Gasteiger partial charge in [-0.25, -0.2) is 4.98 Å². The monoisotopic (exact) mass is 362 g/mol.